The minimum Gasteiger partial charge on any atom is -0.495 e. The highest BCUT2D eigenvalue weighted by atomic mass is 16.5. The number of hydrogen-bond donors (Lipinski definition) is 1. The second-order valence-electron chi connectivity index (χ2n) is 5.69. The van der Waals surface area contributed by atoms with E-state index in [-0.39, 0.29) is 0 Å². The second-order valence-corrected chi connectivity index (χ2v) is 5.69. The van der Waals surface area contributed by atoms with Gasteiger partial charge in [0, 0.05) is 29.3 Å². The highest BCUT2D eigenvalue weighted by Gasteiger charge is 2.10. The third kappa shape index (κ3) is 3.33. The summed E-state index contributed by atoms with van der Waals surface area (Å²) in [5.74, 6) is 0.688. The third-order valence-corrected chi connectivity index (χ3v) is 4.03. The van der Waals surface area contributed by atoms with Crippen LogP contribution in [0.15, 0.2) is 60.8 Å². The number of anilines is 1. The molecule has 2 aromatic carbocycles. The summed E-state index contributed by atoms with van der Waals surface area (Å²) in [6, 6.07) is 17.6. The van der Waals surface area contributed by atoms with Gasteiger partial charge in [-0.3, -0.25) is 4.98 Å². The molecule has 1 N–H and O–H groups in total. The van der Waals surface area contributed by atoms with Gasteiger partial charge >= 0.3 is 0 Å². The molecule has 0 saturated carbocycles. The lowest BCUT2D eigenvalue weighted by Gasteiger charge is -2.15. The molecule has 126 valence electrons. The van der Waals surface area contributed by atoms with Crippen molar-refractivity contribution < 1.29 is 4.74 Å². The molecule has 0 fully saturated rings. The molecule has 3 aromatic rings. The molecule has 0 unspecified atom stereocenters. The van der Waals surface area contributed by atoms with E-state index in [9.17, 15) is 0 Å². The summed E-state index contributed by atoms with van der Waals surface area (Å²) in [5, 5.41) is 23.1. The van der Waals surface area contributed by atoms with Crippen molar-refractivity contribution in [1.82, 2.24) is 4.98 Å². The Kier molecular flexibility index (Phi) is 4.83. The number of nitriles is 2. The lowest BCUT2D eigenvalue weighted by atomic mass is 10.0. The van der Waals surface area contributed by atoms with Crippen LogP contribution in [0.5, 0.6) is 5.75 Å². The number of ether oxygens (including phenoxy) is 1. The number of hydrogen-bond acceptors (Lipinski definition) is 5. The van der Waals surface area contributed by atoms with Gasteiger partial charge in [0.2, 0.25) is 0 Å². The molecule has 0 aliphatic carbocycles. The average molecular weight is 340 g/mol. The van der Waals surface area contributed by atoms with Crippen LogP contribution in [0.2, 0.25) is 0 Å². The van der Waals surface area contributed by atoms with Crippen LogP contribution in [0.3, 0.4) is 0 Å². The molecule has 26 heavy (non-hydrogen) atoms. The molecule has 0 atom stereocenters. The fourth-order valence-corrected chi connectivity index (χ4v) is 2.68. The Labute approximate surface area is 151 Å². The molecule has 1 heterocycles. The fraction of sp³-hybridized carbons (Fsp3) is 0.0952. The van der Waals surface area contributed by atoms with Crippen molar-refractivity contribution in [2.75, 3.05) is 19.0 Å². The summed E-state index contributed by atoms with van der Waals surface area (Å²) < 4.78 is 5.47. The summed E-state index contributed by atoms with van der Waals surface area (Å²) in [5.41, 5.74) is 3.47. The van der Waals surface area contributed by atoms with E-state index in [0.717, 1.165) is 27.7 Å². The van der Waals surface area contributed by atoms with Gasteiger partial charge in [-0.15, -0.1) is 0 Å². The maximum Gasteiger partial charge on any atom is 0.142 e. The van der Waals surface area contributed by atoms with Crippen molar-refractivity contribution in [3.05, 3.63) is 66.4 Å². The molecular formula is C21H16N4O. The summed E-state index contributed by atoms with van der Waals surface area (Å²) in [4.78, 5) is 4.35. The van der Waals surface area contributed by atoms with Gasteiger partial charge in [0.05, 0.1) is 30.1 Å². The highest BCUT2D eigenvalue weighted by molar-refractivity contribution is 5.99. The number of benzene rings is 2. The van der Waals surface area contributed by atoms with Gasteiger partial charge in [0.1, 0.15) is 11.8 Å². The Hall–Kier alpha value is -3.83. The number of nitrogens with one attached hydrogen (secondary N) is 1. The zero-order chi connectivity index (χ0) is 18.5. The van der Waals surface area contributed by atoms with Crippen molar-refractivity contribution in [2.24, 2.45) is 0 Å². The van der Waals surface area contributed by atoms with Crippen LogP contribution in [-0.2, 0) is 0 Å². The maximum absolute atomic E-state index is 8.94. The topological polar surface area (TPSA) is 81.7 Å². The van der Waals surface area contributed by atoms with E-state index in [0.29, 0.717) is 23.4 Å². The molecule has 0 amide bonds. The smallest absolute Gasteiger partial charge is 0.142 e. The van der Waals surface area contributed by atoms with Gasteiger partial charge in [-0.1, -0.05) is 24.8 Å². The minimum atomic E-state index is 0.339. The summed E-state index contributed by atoms with van der Waals surface area (Å²) in [7, 11) is 1.61. The molecule has 0 radical (unpaired) electrons. The van der Waals surface area contributed by atoms with Crippen LogP contribution in [0.4, 0.5) is 5.69 Å². The molecule has 1 aromatic heterocycles. The summed E-state index contributed by atoms with van der Waals surface area (Å²) in [6.45, 7) is 4.04. The van der Waals surface area contributed by atoms with Crippen LogP contribution < -0.4 is 10.1 Å². The fourth-order valence-electron chi connectivity index (χ4n) is 2.68. The van der Waals surface area contributed by atoms with E-state index in [4.69, 9.17) is 15.3 Å². The van der Waals surface area contributed by atoms with Gasteiger partial charge in [-0.2, -0.15) is 10.5 Å². The van der Waals surface area contributed by atoms with Crippen molar-refractivity contribution in [3.8, 4) is 29.1 Å². The van der Waals surface area contributed by atoms with Gasteiger partial charge < -0.3 is 10.1 Å². The number of rotatable bonds is 5. The summed E-state index contributed by atoms with van der Waals surface area (Å²) >= 11 is 0. The van der Waals surface area contributed by atoms with Crippen molar-refractivity contribution >= 4 is 16.5 Å². The van der Waals surface area contributed by atoms with Crippen LogP contribution in [-0.4, -0.2) is 18.6 Å². The Morgan fingerprint density at radius 3 is 2.65 bits per heavy atom. The highest BCUT2D eigenvalue weighted by Crippen LogP contribution is 2.35. The monoisotopic (exact) mass is 340 g/mol. The van der Waals surface area contributed by atoms with Crippen molar-refractivity contribution in [1.29, 1.82) is 10.5 Å². The molecule has 0 spiro atoms. The third-order valence-electron chi connectivity index (χ3n) is 4.03. The van der Waals surface area contributed by atoms with Gasteiger partial charge in [-0.25, -0.2) is 0 Å². The van der Waals surface area contributed by atoms with Crippen molar-refractivity contribution in [2.45, 2.75) is 0 Å². The first-order valence-electron chi connectivity index (χ1n) is 7.95. The predicted octanol–water partition coefficient (Wildman–Crippen LogP) is 4.27. The van der Waals surface area contributed by atoms with Crippen LogP contribution >= 0.6 is 0 Å². The average Bonchev–Trinajstić information content (AvgIpc) is 2.71. The molecule has 0 saturated heterocycles. The molecule has 5 nitrogen and oxygen atoms in total. The lowest BCUT2D eigenvalue weighted by molar-refractivity contribution is 0.417. The zero-order valence-electron chi connectivity index (χ0n) is 14.3. The quantitative estimate of drug-likeness (QED) is 0.701. The summed E-state index contributed by atoms with van der Waals surface area (Å²) in [6.07, 6.45) is 1.56. The first-order chi connectivity index (χ1) is 12.7. The van der Waals surface area contributed by atoms with Crippen LogP contribution in [0.25, 0.3) is 22.0 Å². The molecule has 0 aliphatic rings. The van der Waals surface area contributed by atoms with Crippen LogP contribution in [0, 0.1) is 22.7 Å². The van der Waals surface area contributed by atoms with E-state index in [1.54, 1.807) is 19.4 Å². The van der Waals surface area contributed by atoms with Gasteiger partial charge in [-0.05, 0) is 29.7 Å². The lowest BCUT2D eigenvalue weighted by Crippen LogP contribution is -2.05. The Bertz CT molecular complexity index is 1060. The zero-order valence-corrected chi connectivity index (χ0v) is 14.3. The molecule has 0 bridgehead atoms. The molecule has 0 aliphatic heterocycles. The number of aromatic nitrogens is 1. The largest absolute Gasteiger partial charge is 0.495 e. The Morgan fingerprint density at radius 2 is 2.00 bits per heavy atom. The normalized spacial score (nSPS) is 9.96. The van der Waals surface area contributed by atoms with Crippen molar-refractivity contribution in [3.63, 3.8) is 0 Å². The number of methoxy groups -OCH3 is 1. The maximum atomic E-state index is 8.94. The van der Waals surface area contributed by atoms with E-state index in [2.05, 4.69) is 22.9 Å². The predicted molar refractivity (Wildman–Crippen MR) is 102 cm³/mol. The SMILES string of the molecule is C=C(C#N)CNc1c(OC)ccc2ccc(-c3ccc(C#N)cn3)cc12. The minimum absolute atomic E-state index is 0.339. The van der Waals surface area contributed by atoms with E-state index in [1.165, 1.54) is 0 Å². The molecular weight excluding hydrogens is 324 g/mol. The standard InChI is InChI=1S/C21H16N4O/c1-14(10-22)12-25-21-18-9-17(19-7-3-15(11-23)13-24-19)5-4-16(18)6-8-20(21)26-2/h3-9,13,25H,1,12H2,2H3. The first-order valence-corrected chi connectivity index (χ1v) is 7.95. The van der Waals surface area contributed by atoms with E-state index >= 15 is 0 Å². The van der Waals surface area contributed by atoms with E-state index < -0.39 is 0 Å². The number of nitrogens with zero attached hydrogens (tertiary/aromatic N) is 3. The second kappa shape index (κ2) is 7.38. The molecule has 5 heteroatoms. The Morgan fingerprint density at radius 1 is 1.19 bits per heavy atom. The first kappa shape index (κ1) is 17.0. The van der Waals surface area contributed by atoms with E-state index in [1.807, 2.05) is 42.5 Å². The molecule has 3 rings (SSSR count). The Balaban J connectivity index is 2.09. The number of fused-ring (bicyclic) bond motifs is 1. The van der Waals surface area contributed by atoms with Gasteiger partial charge in [0.25, 0.3) is 0 Å². The van der Waals surface area contributed by atoms with Crippen LogP contribution in [0.1, 0.15) is 5.56 Å². The number of pyridine rings is 1. The van der Waals surface area contributed by atoms with Gasteiger partial charge in [0.15, 0.2) is 0 Å².